The second kappa shape index (κ2) is 3.42. The number of nitrogens with zero attached hydrogens (tertiary/aromatic N) is 3. The molecule has 0 saturated heterocycles. The van der Waals surface area contributed by atoms with Gasteiger partial charge in [-0.15, -0.1) is 0 Å². The van der Waals surface area contributed by atoms with Crippen molar-refractivity contribution in [2.75, 3.05) is 0 Å². The minimum Gasteiger partial charge on any atom is -0.220 e. The molecule has 14 heavy (non-hydrogen) atoms. The van der Waals surface area contributed by atoms with E-state index in [0.717, 1.165) is 17.1 Å². The van der Waals surface area contributed by atoms with E-state index in [1.54, 1.807) is 4.68 Å². The first-order valence-corrected chi connectivity index (χ1v) is 4.70. The third kappa shape index (κ3) is 1.40. The summed E-state index contributed by atoms with van der Waals surface area (Å²) in [5, 5.41) is 4.82. The van der Waals surface area contributed by atoms with Crippen molar-refractivity contribution in [3.05, 3.63) is 40.9 Å². The largest absolute Gasteiger partial charge is 0.220 e. The predicted molar refractivity (Wildman–Crippen MR) is 55.8 cm³/mol. The number of aromatic nitrogens is 3. The lowest BCUT2D eigenvalue weighted by molar-refractivity contribution is 0.834. The Balaban J connectivity index is 2.68. The number of hydrogen-bond donors (Lipinski definition) is 0. The highest BCUT2D eigenvalue weighted by Gasteiger charge is 2.08. The van der Waals surface area contributed by atoms with E-state index in [4.69, 9.17) is 11.6 Å². The molecule has 0 atom stereocenters. The normalized spacial score (nSPS) is 10.5. The maximum absolute atomic E-state index is 6.10. The number of halogens is 1. The topological polar surface area (TPSA) is 30.7 Å². The third-order valence-corrected chi connectivity index (χ3v) is 2.42. The molecule has 0 aliphatic rings. The van der Waals surface area contributed by atoms with Crippen LogP contribution in [0.1, 0.15) is 11.4 Å². The molecule has 1 aromatic carbocycles. The van der Waals surface area contributed by atoms with E-state index in [0.29, 0.717) is 5.02 Å². The number of rotatable bonds is 1. The van der Waals surface area contributed by atoms with Gasteiger partial charge in [0.25, 0.3) is 0 Å². The Bertz CT molecular complexity index is 442. The number of aryl methyl sites for hydroxylation is 2. The first-order valence-electron chi connectivity index (χ1n) is 4.32. The maximum atomic E-state index is 6.10. The number of hydrogen-bond acceptors (Lipinski definition) is 2. The van der Waals surface area contributed by atoms with Gasteiger partial charge in [0.2, 0.25) is 0 Å². The molecule has 0 N–H and O–H groups in total. The Kier molecular flexibility index (Phi) is 2.25. The van der Waals surface area contributed by atoms with Crippen LogP contribution in [-0.2, 0) is 0 Å². The maximum Gasteiger partial charge on any atom is 0.138 e. The molecule has 3 nitrogen and oxygen atoms in total. The molecule has 4 heteroatoms. The van der Waals surface area contributed by atoms with E-state index in [1.807, 2.05) is 32.0 Å². The zero-order chi connectivity index (χ0) is 10.1. The molecule has 0 saturated carbocycles. The summed E-state index contributed by atoms with van der Waals surface area (Å²) in [6.45, 7) is 3.90. The van der Waals surface area contributed by atoms with Crippen molar-refractivity contribution < 1.29 is 0 Å². The van der Waals surface area contributed by atoms with Crippen LogP contribution in [0, 0.1) is 13.8 Å². The second-order valence-corrected chi connectivity index (χ2v) is 3.53. The quantitative estimate of drug-likeness (QED) is 0.720. The van der Waals surface area contributed by atoms with E-state index >= 15 is 0 Å². The molecule has 0 bridgehead atoms. The molecule has 0 amide bonds. The van der Waals surface area contributed by atoms with Gasteiger partial charge in [0, 0.05) is 0 Å². The van der Waals surface area contributed by atoms with Crippen molar-refractivity contribution in [1.82, 2.24) is 14.8 Å². The molecule has 0 fully saturated rings. The van der Waals surface area contributed by atoms with E-state index in [2.05, 4.69) is 10.1 Å². The molecule has 0 radical (unpaired) electrons. The van der Waals surface area contributed by atoms with Gasteiger partial charge >= 0.3 is 0 Å². The summed E-state index contributed by atoms with van der Waals surface area (Å²) < 4.78 is 1.75. The van der Waals surface area contributed by atoms with Crippen molar-refractivity contribution in [2.24, 2.45) is 0 Å². The lowest BCUT2D eigenvalue weighted by Gasteiger charge is -2.08. The Labute approximate surface area is 87.3 Å². The summed E-state index contributed by atoms with van der Waals surface area (Å²) in [6, 6.07) is 5.78. The Hall–Kier alpha value is -1.35. The monoisotopic (exact) mass is 207 g/mol. The molecule has 2 rings (SSSR count). The minimum atomic E-state index is 0.693. The Morgan fingerprint density at radius 3 is 2.64 bits per heavy atom. The van der Waals surface area contributed by atoms with Crippen LogP contribution in [0.3, 0.4) is 0 Å². The summed E-state index contributed by atoms with van der Waals surface area (Å²) in [7, 11) is 0. The average Bonchev–Trinajstić information content (AvgIpc) is 2.52. The van der Waals surface area contributed by atoms with Crippen molar-refractivity contribution in [2.45, 2.75) is 13.8 Å². The lowest BCUT2D eigenvalue weighted by Crippen LogP contribution is -2.02. The second-order valence-electron chi connectivity index (χ2n) is 3.12. The van der Waals surface area contributed by atoms with Crippen LogP contribution in [0.15, 0.2) is 24.5 Å². The SMILES string of the molecule is Cc1cccc(Cl)c1-n1ncnc1C. The van der Waals surface area contributed by atoms with Crippen LogP contribution >= 0.6 is 11.6 Å². The molecule has 0 unspecified atom stereocenters. The van der Waals surface area contributed by atoms with Gasteiger partial charge < -0.3 is 0 Å². The van der Waals surface area contributed by atoms with E-state index in [1.165, 1.54) is 6.33 Å². The third-order valence-electron chi connectivity index (χ3n) is 2.12. The van der Waals surface area contributed by atoms with Crippen molar-refractivity contribution in [3.63, 3.8) is 0 Å². The Morgan fingerprint density at radius 1 is 1.29 bits per heavy atom. The van der Waals surface area contributed by atoms with Crippen molar-refractivity contribution >= 4 is 11.6 Å². The van der Waals surface area contributed by atoms with Gasteiger partial charge in [0.1, 0.15) is 12.2 Å². The molecule has 72 valence electrons. The highest BCUT2D eigenvalue weighted by molar-refractivity contribution is 6.32. The van der Waals surface area contributed by atoms with E-state index in [-0.39, 0.29) is 0 Å². The van der Waals surface area contributed by atoms with Crippen LogP contribution in [0.25, 0.3) is 5.69 Å². The summed E-state index contributed by atoms with van der Waals surface area (Å²) >= 11 is 6.10. The van der Waals surface area contributed by atoms with Crippen LogP contribution in [0.2, 0.25) is 5.02 Å². The summed E-state index contributed by atoms with van der Waals surface area (Å²) in [5.74, 6) is 0.834. The lowest BCUT2D eigenvalue weighted by atomic mass is 10.2. The first-order chi connectivity index (χ1) is 6.70. The standard InChI is InChI=1S/C10H10ClN3/c1-7-4-3-5-9(11)10(7)14-8(2)12-6-13-14/h3-6H,1-2H3. The van der Waals surface area contributed by atoms with Gasteiger partial charge in [-0.2, -0.15) is 5.10 Å². The number of para-hydroxylation sites is 1. The fourth-order valence-electron chi connectivity index (χ4n) is 1.41. The van der Waals surface area contributed by atoms with Crippen LogP contribution < -0.4 is 0 Å². The minimum absolute atomic E-state index is 0.693. The molecule has 2 aromatic rings. The molecule has 1 aromatic heterocycles. The van der Waals surface area contributed by atoms with Crippen molar-refractivity contribution in [1.29, 1.82) is 0 Å². The smallest absolute Gasteiger partial charge is 0.138 e. The molecular formula is C10H10ClN3. The highest BCUT2D eigenvalue weighted by atomic mass is 35.5. The molecule has 0 aliphatic heterocycles. The zero-order valence-corrected chi connectivity index (χ0v) is 8.78. The van der Waals surface area contributed by atoms with Gasteiger partial charge in [-0.3, -0.25) is 0 Å². The summed E-state index contributed by atoms with van der Waals surface area (Å²) in [4.78, 5) is 4.07. The van der Waals surface area contributed by atoms with Crippen LogP contribution in [0.5, 0.6) is 0 Å². The fraction of sp³-hybridized carbons (Fsp3) is 0.200. The predicted octanol–water partition coefficient (Wildman–Crippen LogP) is 2.54. The summed E-state index contributed by atoms with van der Waals surface area (Å²) in [6.07, 6.45) is 1.53. The molecule has 0 aliphatic carbocycles. The zero-order valence-electron chi connectivity index (χ0n) is 8.03. The van der Waals surface area contributed by atoms with Crippen LogP contribution in [-0.4, -0.2) is 14.8 Å². The van der Waals surface area contributed by atoms with Gasteiger partial charge in [0.05, 0.1) is 10.7 Å². The molecule has 0 spiro atoms. The highest BCUT2D eigenvalue weighted by Crippen LogP contribution is 2.23. The molecule has 1 heterocycles. The van der Waals surface area contributed by atoms with Gasteiger partial charge in [0.15, 0.2) is 0 Å². The van der Waals surface area contributed by atoms with Gasteiger partial charge in [-0.05, 0) is 25.5 Å². The van der Waals surface area contributed by atoms with Crippen LogP contribution in [0.4, 0.5) is 0 Å². The van der Waals surface area contributed by atoms with E-state index in [9.17, 15) is 0 Å². The fourth-order valence-corrected chi connectivity index (χ4v) is 1.71. The average molecular weight is 208 g/mol. The van der Waals surface area contributed by atoms with Crippen molar-refractivity contribution in [3.8, 4) is 5.69 Å². The van der Waals surface area contributed by atoms with Gasteiger partial charge in [-0.1, -0.05) is 23.7 Å². The van der Waals surface area contributed by atoms with Gasteiger partial charge in [-0.25, -0.2) is 9.67 Å². The molecular weight excluding hydrogens is 198 g/mol. The number of benzene rings is 1. The first kappa shape index (κ1) is 9.21. The summed E-state index contributed by atoms with van der Waals surface area (Å²) in [5.41, 5.74) is 2.00. The Morgan fingerprint density at radius 2 is 2.07 bits per heavy atom. The van der Waals surface area contributed by atoms with E-state index < -0.39 is 0 Å².